The number of allylic oxidation sites excluding steroid dienone is 1. The number of nitrogens with zero attached hydrogens (tertiary/aromatic N) is 2. The predicted octanol–water partition coefficient (Wildman–Crippen LogP) is 3.01. The summed E-state index contributed by atoms with van der Waals surface area (Å²) in [7, 11) is 0. The Morgan fingerprint density at radius 2 is 2.04 bits per heavy atom. The van der Waals surface area contributed by atoms with E-state index in [0.29, 0.717) is 10.6 Å². The zero-order chi connectivity index (χ0) is 19.5. The number of aryl methyl sites for hydroxylation is 2. The van der Waals surface area contributed by atoms with Crippen molar-refractivity contribution in [3.05, 3.63) is 39.9 Å². The minimum Gasteiger partial charge on any atom is -0.325 e. The van der Waals surface area contributed by atoms with Crippen LogP contribution in [0.15, 0.2) is 28.8 Å². The van der Waals surface area contributed by atoms with E-state index in [1.54, 1.807) is 13.8 Å². The van der Waals surface area contributed by atoms with Gasteiger partial charge in [-0.25, -0.2) is 0 Å². The molecule has 7 heteroatoms. The van der Waals surface area contributed by atoms with E-state index in [1.807, 2.05) is 38.1 Å². The lowest BCUT2D eigenvalue weighted by Crippen LogP contribution is -2.44. The Hall–Kier alpha value is -2.77. The molecule has 134 valence electrons. The lowest BCUT2D eigenvalue weighted by atomic mass is 9.72. The minimum absolute atomic E-state index is 0.0431. The van der Waals surface area contributed by atoms with E-state index < -0.39 is 17.2 Å². The highest BCUT2D eigenvalue weighted by molar-refractivity contribution is 8.03. The Balaban J connectivity index is 2.15. The van der Waals surface area contributed by atoms with Gasteiger partial charge in [0.2, 0.25) is 11.8 Å². The van der Waals surface area contributed by atoms with E-state index >= 15 is 0 Å². The van der Waals surface area contributed by atoms with Crippen molar-refractivity contribution in [1.29, 1.82) is 10.5 Å². The van der Waals surface area contributed by atoms with Gasteiger partial charge in [-0.05, 0) is 31.0 Å². The summed E-state index contributed by atoms with van der Waals surface area (Å²) in [6.07, 6.45) is 0. The van der Waals surface area contributed by atoms with Crippen LogP contribution in [0, 0.1) is 47.8 Å². The highest BCUT2D eigenvalue weighted by Gasteiger charge is 2.44. The fraction of sp³-hybridized carbons (Fsp3) is 0.368. The van der Waals surface area contributed by atoms with E-state index in [9.17, 15) is 20.1 Å². The second kappa shape index (κ2) is 7.63. The Morgan fingerprint density at radius 1 is 1.35 bits per heavy atom. The summed E-state index contributed by atoms with van der Waals surface area (Å²) >= 11 is 1.09. The lowest BCUT2D eigenvalue weighted by molar-refractivity contribution is -0.125. The molecular weight excluding hydrogens is 348 g/mol. The number of hydrogen-bond acceptors (Lipinski definition) is 5. The second-order valence-corrected chi connectivity index (χ2v) is 7.73. The third kappa shape index (κ3) is 3.89. The van der Waals surface area contributed by atoms with Crippen LogP contribution in [0.1, 0.15) is 25.0 Å². The Kier molecular flexibility index (Phi) is 5.74. The molecule has 0 fully saturated rings. The molecule has 2 amide bonds. The second-order valence-electron chi connectivity index (χ2n) is 6.74. The maximum Gasteiger partial charge on any atom is 0.243 e. The smallest absolute Gasteiger partial charge is 0.243 e. The van der Waals surface area contributed by atoms with Crippen LogP contribution >= 0.6 is 11.8 Å². The number of nitrogens with one attached hydrogen (secondary N) is 2. The topological polar surface area (TPSA) is 106 Å². The molecule has 1 aliphatic rings. The Morgan fingerprint density at radius 3 is 2.65 bits per heavy atom. The van der Waals surface area contributed by atoms with E-state index in [-0.39, 0.29) is 11.7 Å². The average Bonchev–Trinajstić information content (AvgIpc) is 2.55. The SMILES string of the molecule is Cc1ccc(C)c(NC(=O)CSC2=C(C#N)C(C)(C)[C@@H](C#N)C(=O)N2)c1. The number of benzene rings is 1. The van der Waals surface area contributed by atoms with Gasteiger partial charge in [0.15, 0.2) is 0 Å². The molecular formula is C19H20N4O2S. The van der Waals surface area contributed by atoms with Crippen LogP contribution in [-0.2, 0) is 9.59 Å². The normalized spacial score (nSPS) is 18.5. The first-order chi connectivity index (χ1) is 12.2. The highest BCUT2D eigenvalue weighted by atomic mass is 32.2. The number of nitriles is 2. The molecule has 6 nitrogen and oxygen atoms in total. The summed E-state index contributed by atoms with van der Waals surface area (Å²) in [6.45, 7) is 7.23. The summed E-state index contributed by atoms with van der Waals surface area (Å²) in [5.41, 5.74) is 2.14. The van der Waals surface area contributed by atoms with E-state index in [2.05, 4.69) is 16.7 Å². The third-order valence-electron chi connectivity index (χ3n) is 4.35. The molecule has 0 saturated heterocycles. The van der Waals surface area contributed by atoms with E-state index in [0.717, 1.165) is 28.6 Å². The molecule has 0 aromatic heterocycles. The van der Waals surface area contributed by atoms with Crippen LogP contribution in [0.4, 0.5) is 5.69 Å². The van der Waals surface area contributed by atoms with Crippen LogP contribution < -0.4 is 10.6 Å². The van der Waals surface area contributed by atoms with Crippen molar-refractivity contribution in [1.82, 2.24) is 5.32 Å². The van der Waals surface area contributed by atoms with Gasteiger partial charge in [-0.15, -0.1) is 0 Å². The summed E-state index contributed by atoms with van der Waals surface area (Å²) in [4.78, 5) is 24.4. The lowest BCUT2D eigenvalue weighted by Gasteiger charge is -2.34. The first kappa shape index (κ1) is 19.6. The van der Waals surface area contributed by atoms with Gasteiger partial charge >= 0.3 is 0 Å². The predicted molar refractivity (Wildman–Crippen MR) is 101 cm³/mol. The summed E-state index contributed by atoms with van der Waals surface area (Å²) in [5, 5.41) is 24.5. The Bertz CT molecular complexity index is 875. The van der Waals surface area contributed by atoms with Gasteiger partial charge in [0.05, 0.1) is 28.5 Å². The summed E-state index contributed by atoms with van der Waals surface area (Å²) < 4.78 is 0. The number of carbonyl (C=O) groups excluding carboxylic acids is 2. The van der Waals surface area contributed by atoms with E-state index in [1.165, 1.54) is 0 Å². The van der Waals surface area contributed by atoms with Gasteiger partial charge in [0, 0.05) is 11.1 Å². The van der Waals surface area contributed by atoms with Crippen LogP contribution in [-0.4, -0.2) is 17.6 Å². The first-order valence-corrected chi connectivity index (χ1v) is 9.04. The zero-order valence-electron chi connectivity index (χ0n) is 15.1. The summed E-state index contributed by atoms with van der Waals surface area (Å²) in [6, 6.07) is 9.82. The fourth-order valence-corrected chi connectivity index (χ4v) is 3.70. The van der Waals surface area contributed by atoms with Crippen molar-refractivity contribution >= 4 is 29.3 Å². The zero-order valence-corrected chi connectivity index (χ0v) is 16.0. The number of rotatable bonds is 4. The van der Waals surface area contributed by atoms with Crippen molar-refractivity contribution < 1.29 is 9.59 Å². The number of anilines is 1. The quantitative estimate of drug-likeness (QED) is 0.850. The maximum atomic E-state index is 12.3. The standard InChI is InChI=1S/C19H20N4O2S/c1-11-5-6-12(2)15(7-11)22-16(24)10-26-18-14(9-21)19(3,4)13(8-20)17(25)23-18/h5-7,13H,10H2,1-4H3,(H,22,24)(H,23,25)/t13-/m0/s1. The van der Waals surface area contributed by atoms with Gasteiger partial charge in [-0.3, -0.25) is 9.59 Å². The van der Waals surface area contributed by atoms with Crippen molar-refractivity contribution in [3.63, 3.8) is 0 Å². The van der Waals surface area contributed by atoms with Gasteiger partial charge in [-0.2, -0.15) is 10.5 Å². The maximum absolute atomic E-state index is 12.3. The van der Waals surface area contributed by atoms with Crippen molar-refractivity contribution in [2.45, 2.75) is 27.7 Å². The molecule has 0 spiro atoms. The third-order valence-corrected chi connectivity index (χ3v) is 5.35. The number of thioether (sulfide) groups is 1. The van der Waals surface area contributed by atoms with Crippen molar-refractivity contribution in [3.8, 4) is 12.1 Å². The number of carbonyl (C=O) groups is 2. The molecule has 0 aliphatic carbocycles. The number of amides is 2. The van der Waals surface area contributed by atoms with E-state index in [4.69, 9.17) is 0 Å². The molecule has 26 heavy (non-hydrogen) atoms. The van der Waals surface area contributed by atoms with Gasteiger partial charge < -0.3 is 10.6 Å². The van der Waals surface area contributed by atoms with Crippen LogP contribution in [0.3, 0.4) is 0 Å². The molecule has 0 saturated carbocycles. The summed E-state index contributed by atoms with van der Waals surface area (Å²) in [5.74, 6) is -1.58. The fourth-order valence-electron chi connectivity index (χ4n) is 2.73. The highest BCUT2D eigenvalue weighted by Crippen LogP contribution is 2.41. The molecule has 1 heterocycles. The van der Waals surface area contributed by atoms with Gasteiger partial charge in [-0.1, -0.05) is 37.7 Å². The first-order valence-electron chi connectivity index (χ1n) is 8.06. The number of hydrogen-bond donors (Lipinski definition) is 2. The minimum atomic E-state index is -0.940. The van der Waals surface area contributed by atoms with Crippen LogP contribution in [0.5, 0.6) is 0 Å². The molecule has 1 atom stereocenters. The van der Waals surface area contributed by atoms with Crippen LogP contribution in [0.25, 0.3) is 0 Å². The molecule has 0 bridgehead atoms. The molecule has 2 rings (SSSR count). The van der Waals surface area contributed by atoms with Gasteiger partial charge in [0.1, 0.15) is 5.92 Å². The average molecular weight is 368 g/mol. The largest absolute Gasteiger partial charge is 0.325 e. The molecule has 1 aromatic rings. The Labute approximate surface area is 157 Å². The molecule has 1 aliphatic heterocycles. The van der Waals surface area contributed by atoms with Crippen molar-refractivity contribution in [2.24, 2.45) is 11.3 Å². The molecule has 1 aromatic carbocycles. The van der Waals surface area contributed by atoms with Crippen molar-refractivity contribution in [2.75, 3.05) is 11.1 Å². The molecule has 0 radical (unpaired) electrons. The monoisotopic (exact) mass is 368 g/mol. The van der Waals surface area contributed by atoms with Gasteiger partial charge in [0.25, 0.3) is 0 Å². The van der Waals surface area contributed by atoms with Crippen LogP contribution in [0.2, 0.25) is 0 Å². The molecule has 0 unspecified atom stereocenters. The molecule has 2 N–H and O–H groups in total.